The number of aliphatic carboxylic acids is 1. The lowest BCUT2D eigenvalue weighted by molar-refractivity contribution is -0.142. The first-order chi connectivity index (χ1) is 16.0. The zero-order valence-electron chi connectivity index (χ0n) is 19.0. The summed E-state index contributed by atoms with van der Waals surface area (Å²) in [4.78, 5) is 62.2. The monoisotopic (exact) mass is 515 g/mol. The maximum Gasteiger partial charge on any atom is 0.305 e. The smallest absolute Gasteiger partial charge is 0.305 e. The Hall–Kier alpha value is -2.85. The van der Waals surface area contributed by atoms with E-state index in [1.54, 1.807) is 13.8 Å². The van der Waals surface area contributed by atoms with Crippen LogP contribution in [0.3, 0.4) is 0 Å². The fourth-order valence-corrected chi connectivity index (χ4v) is 4.35. The number of carboxylic acids is 1. The Kier molecular flexibility index (Phi) is 9.69. The Balaban J connectivity index is 2.18. The van der Waals surface area contributed by atoms with Crippen molar-refractivity contribution < 1.29 is 33.8 Å². The number of carbonyl (C=O) groups excluding carboxylic acids is 4. The number of hydrogen-bond donors (Lipinski definition) is 3. The Bertz CT molecular complexity index is 947. The molecule has 0 radical (unpaired) electrons. The summed E-state index contributed by atoms with van der Waals surface area (Å²) in [6.45, 7) is 3.77. The molecule has 10 nitrogen and oxygen atoms in total. The molecular weight excluding hydrogens is 489 g/mol. The van der Waals surface area contributed by atoms with Crippen molar-refractivity contribution in [2.75, 3.05) is 13.7 Å². The lowest BCUT2D eigenvalue weighted by Gasteiger charge is -2.31. The molecular formula is C22H27Cl2N3O7. The van der Waals surface area contributed by atoms with E-state index in [-0.39, 0.29) is 33.8 Å². The van der Waals surface area contributed by atoms with Gasteiger partial charge in [-0.2, -0.15) is 0 Å². The number of amides is 3. The predicted octanol–water partition coefficient (Wildman–Crippen LogP) is 1.91. The number of carboxylic acid groups (broad SMARTS) is 1. The van der Waals surface area contributed by atoms with Crippen LogP contribution in [-0.4, -0.2) is 71.8 Å². The highest BCUT2D eigenvalue weighted by molar-refractivity contribution is 6.37. The van der Waals surface area contributed by atoms with Gasteiger partial charge < -0.3 is 30.2 Å². The molecule has 3 N–H and O–H groups in total. The Morgan fingerprint density at radius 3 is 2.32 bits per heavy atom. The number of rotatable bonds is 10. The normalized spacial score (nSPS) is 17.1. The van der Waals surface area contributed by atoms with Crippen LogP contribution in [0.1, 0.15) is 43.5 Å². The van der Waals surface area contributed by atoms with E-state index in [0.717, 1.165) is 0 Å². The Morgan fingerprint density at radius 2 is 1.82 bits per heavy atom. The molecule has 2 rings (SSSR count). The Labute approximate surface area is 206 Å². The molecule has 0 aliphatic carbocycles. The second-order valence-electron chi connectivity index (χ2n) is 8.21. The first kappa shape index (κ1) is 27.4. The first-order valence-electron chi connectivity index (χ1n) is 10.6. The second kappa shape index (κ2) is 12.0. The highest BCUT2D eigenvalue weighted by Crippen LogP contribution is 2.34. The molecule has 1 aliphatic heterocycles. The molecule has 1 aromatic carbocycles. The summed E-state index contributed by atoms with van der Waals surface area (Å²) in [7, 11) is 1.39. The maximum atomic E-state index is 13.3. The van der Waals surface area contributed by atoms with Gasteiger partial charge in [-0.1, -0.05) is 37.0 Å². The minimum atomic E-state index is -1.24. The summed E-state index contributed by atoms with van der Waals surface area (Å²) in [6.07, 6.45) is 0.665. The summed E-state index contributed by atoms with van der Waals surface area (Å²) < 4.78 is 5.08. The van der Waals surface area contributed by atoms with Crippen molar-refractivity contribution in [1.29, 1.82) is 0 Å². The molecule has 0 unspecified atom stereocenters. The van der Waals surface area contributed by atoms with Crippen molar-refractivity contribution in [1.82, 2.24) is 15.5 Å². The molecule has 34 heavy (non-hydrogen) atoms. The number of benzene rings is 1. The van der Waals surface area contributed by atoms with E-state index in [0.29, 0.717) is 19.1 Å². The van der Waals surface area contributed by atoms with E-state index in [9.17, 15) is 24.0 Å². The number of likely N-dealkylation sites (tertiary alicyclic amines) is 1. The van der Waals surface area contributed by atoms with E-state index >= 15 is 0 Å². The highest BCUT2D eigenvalue weighted by Gasteiger charge is 2.39. The van der Waals surface area contributed by atoms with Crippen LogP contribution in [0, 0.1) is 5.92 Å². The van der Waals surface area contributed by atoms with Crippen molar-refractivity contribution >= 4 is 53.2 Å². The van der Waals surface area contributed by atoms with Crippen molar-refractivity contribution in [3.8, 4) is 5.75 Å². The molecule has 1 aromatic rings. The third kappa shape index (κ3) is 6.60. The van der Waals surface area contributed by atoms with Gasteiger partial charge in [0.15, 0.2) is 5.75 Å². The van der Waals surface area contributed by atoms with Crippen LogP contribution in [0.25, 0.3) is 0 Å². The molecule has 0 aromatic heterocycles. The number of ether oxygens (including phenoxy) is 1. The van der Waals surface area contributed by atoms with Crippen molar-refractivity contribution in [3.63, 3.8) is 0 Å². The van der Waals surface area contributed by atoms with Gasteiger partial charge in [-0.25, -0.2) is 0 Å². The van der Waals surface area contributed by atoms with Gasteiger partial charge >= 0.3 is 5.97 Å². The fraction of sp³-hybridized carbons (Fsp3) is 0.500. The Morgan fingerprint density at radius 1 is 1.21 bits per heavy atom. The number of nitrogens with zero attached hydrogens (tertiary/aromatic N) is 1. The molecule has 1 fully saturated rings. The lowest BCUT2D eigenvalue weighted by atomic mass is 10.0. The van der Waals surface area contributed by atoms with Crippen LogP contribution in [0.4, 0.5) is 0 Å². The van der Waals surface area contributed by atoms with E-state index in [4.69, 9.17) is 33.0 Å². The van der Waals surface area contributed by atoms with Crippen LogP contribution in [0.5, 0.6) is 5.75 Å². The molecule has 1 aliphatic rings. The number of aldehydes is 1. The SMILES string of the molecule is COc1c(Cl)cc(C(=O)N[C@H](C(=O)N2CCC[C@H]2C(=O)N[C@H](C=O)CC(=O)O)C(C)C)cc1Cl. The predicted molar refractivity (Wildman–Crippen MR) is 124 cm³/mol. The quantitative estimate of drug-likeness (QED) is 0.404. The van der Waals surface area contributed by atoms with Crippen molar-refractivity contribution in [2.45, 2.75) is 51.2 Å². The average Bonchev–Trinajstić information content (AvgIpc) is 3.25. The van der Waals surface area contributed by atoms with E-state index in [1.807, 2.05) is 0 Å². The molecule has 1 saturated heterocycles. The average molecular weight is 516 g/mol. The van der Waals surface area contributed by atoms with Gasteiger partial charge in [-0.05, 0) is 30.9 Å². The highest BCUT2D eigenvalue weighted by atomic mass is 35.5. The first-order valence-corrected chi connectivity index (χ1v) is 11.4. The van der Waals surface area contributed by atoms with Gasteiger partial charge in [0.2, 0.25) is 11.8 Å². The van der Waals surface area contributed by atoms with Gasteiger partial charge in [0.25, 0.3) is 5.91 Å². The van der Waals surface area contributed by atoms with E-state index in [2.05, 4.69) is 10.6 Å². The third-order valence-electron chi connectivity index (χ3n) is 5.41. The topological polar surface area (TPSA) is 142 Å². The largest absolute Gasteiger partial charge is 0.494 e. The number of halogens is 2. The van der Waals surface area contributed by atoms with Gasteiger partial charge in [0.1, 0.15) is 18.4 Å². The molecule has 186 valence electrons. The van der Waals surface area contributed by atoms with Gasteiger partial charge in [-0.3, -0.25) is 19.2 Å². The summed E-state index contributed by atoms with van der Waals surface area (Å²) in [5.74, 6) is -3.00. The van der Waals surface area contributed by atoms with Gasteiger partial charge in [-0.15, -0.1) is 0 Å². The summed E-state index contributed by atoms with van der Waals surface area (Å²) >= 11 is 12.2. The molecule has 0 bridgehead atoms. The molecule has 3 atom stereocenters. The minimum Gasteiger partial charge on any atom is -0.494 e. The van der Waals surface area contributed by atoms with Gasteiger partial charge in [0.05, 0.1) is 29.6 Å². The standard InChI is InChI=1S/C22H27Cl2N3O7/c1-11(2)18(26-20(31)12-7-14(23)19(34-3)15(24)8-12)22(33)27-6-4-5-16(27)21(32)25-13(10-28)9-17(29)30/h7-8,10-11,13,16,18H,4-6,9H2,1-3H3,(H,25,32)(H,26,31)(H,29,30)/t13-,16-,18-/m0/s1. The van der Waals surface area contributed by atoms with Crippen LogP contribution in [0.15, 0.2) is 12.1 Å². The van der Waals surface area contributed by atoms with Crippen molar-refractivity contribution in [2.24, 2.45) is 5.92 Å². The second-order valence-corrected chi connectivity index (χ2v) is 9.02. The number of nitrogens with one attached hydrogen (secondary N) is 2. The maximum absolute atomic E-state index is 13.3. The molecule has 3 amide bonds. The third-order valence-corrected chi connectivity index (χ3v) is 5.97. The van der Waals surface area contributed by atoms with Crippen LogP contribution >= 0.6 is 23.2 Å². The van der Waals surface area contributed by atoms with Crippen molar-refractivity contribution in [3.05, 3.63) is 27.7 Å². The molecule has 1 heterocycles. The minimum absolute atomic E-state index is 0.132. The van der Waals surface area contributed by atoms with Crippen LogP contribution in [0.2, 0.25) is 10.0 Å². The molecule has 12 heteroatoms. The molecule has 0 spiro atoms. The van der Waals surface area contributed by atoms with Crippen LogP contribution < -0.4 is 15.4 Å². The zero-order valence-corrected chi connectivity index (χ0v) is 20.5. The fourth-order valence-electron chi connectivity index (χ4n) is 3.71. The summed E-state index contributed by atoms with van der Waals surface area (Å²) in [5.41, 5.74) is 0.132. The zero-order chi connectivity index (χ0) is 25.6. The summed E-state index contributed by atoms with van der Waals surface area (Å²) in [6, 6.07) is -0.296. The van der Waals surface area contributed by atoms with E-state index < -0.39 is 48.2 Å². The molecule has 0 saturated carbocycles. The number of carbonyl (C=O) groups is 5. The number of methoxy groups -OCH3 is 1. The van der Waals surface area contributed by atoms with E-state index in [1.165, 1.54) is 24.1 Å². The lowest BCUT2D eigenvalue weighted by Crippen LogP contribution is -2.56. The number of hydrogen-bond acceptors (Lipinski definition) is 6. The summed E-state index contributed by atoms with van der Waals surface area (Å²) in [5, 5.41) is 14.2. The van der Waals surface area contributed by atoms with Crippen LogP contribution in [-0.2, 0) is 19.2 Å². The van der Waals surface area contributed by atoms with Gasteiger partial charge in [0, 0.05) is 12.1 Å².